The fourth-order valence-electron chi connectivity index (χ4n) is 6.34. The summed E-state index contributed by atoms with van der Waals surface area (Å²) >= 11 is 0. The van der Waals surface area contributed by atoms with Crippen LogP contribution in [0.15, 0.2) is 36.4 Å². The molecule has 0 spiro atoms. The van der Waals surface area contributed by atoms with Crippen LogP contribution in [0.4, 0.5) is 11.4 Å². The highest BCUT2D eigenvalue weighted by Gasteiger charge is 2.43. The van der Waals surface area contributed by atoms with Crippen LogP contribution in [0.5, 0.6) is 11.5 Å². The van der Waals surface area contributed by atoms with Gasteiger partial charge in [0.25, 0.3) is 5.69 Å². The van der Waals surface area contributed by atoms with Gasteiger partial charge < -0.3 is 19.7 Å². The summed E-state index contributed by atoms with van der Waals surface area (Å²) in [4.78, 5) is 29.6. The molecule has 2 fully saturated rings. The molecule has 1 amide bonds. The highest BCUT2D eigenvalue weighted by molar-refractivity contribution is 5.82. The zero-order valence-corrected chi connectivity index (χ0v) is 21.7. The molecule has 2 aliphatic heterocycles. The predicted octanol–water partition coefficient (Wildman–Crippen LogP) is 3.58. The molecule has 1 N–H and O–H groups in total. The number of piperazine rings is 1. The molecule has 0 bridgehead atoms. The Morgan fingerprint density at radius 3 is 2.59 bits per heavy atom. The second-order valence-corrected chi connectivity index (χ2v) is 10.3. The molecular formula is C28H36N4O5. The van der Waals surface area contributed by atoms with E-state index in [2.05, 4.69) is 15.1 Å². The maximum absolute atomic E-state index is 13.6. The SMILES string of the molecule is COc1ccc(CCNC(=O)C2Cc3cc([N+](=O)[O-])ccc3N3CCN(C4CCCC4)CC23)cc1OC. The minimum atomic E-state index is -0.359. The molecule has 2 aromatic rings. The number of hydrogen-bond donors (Lipinski definition) is 1. The monoisotopic (exact) mass is 508 g/mol. The largest absolute Gasteiger partial charge is 0.493 e. The van der Waals surface area contributed by atoms with E-state index in [0.29, 0.717) is 36.9 Å². The van der Waals surface area contributed by atoms with Gasteiger partial charge in [-0.15, -0.1) is 0 Å². The van der Waals surface area contributed by atoms with Crippen molar-refractivity contribution in [1.82, 2.24) is 10.2 Å². The number of amides is 1. The van der Waals surface area contributed by atoms with E-state index in [9.17, 15) is 14.9 Å². The topological polar surface area (TPSA) is 97.2 Å². The first-order valence-electron chi connectivity index (χ1n) is 13.2. The Hall–Kier alpha value is -3.33. The number of methoxy groups -OCH3 is 2. The van der Waals surface area contributed by atoms with Crippen molar-refractivity contribution in [3.63, 3.8) is 0 Å². The number of carbonyl (C=O) groups is 1. The van der Waals surface area contributed by atoms with Gasteiger partial charge in [-0.3, -0.25) is 19.8 Å². The number of fused-ring (bicyclic) bond motifs is 3. The lowest BCUT2D eigenvalue weighted by Crippen LogP contribution is -2.62. The fourth-order valence-corrected chi connectivity index (χ4v) is 6.34. The Morgan fingerprint density at radius 2 is 1.86 bits per heavy atom. The molecule has 2 heterocycles. The fraction of sp³-hybridized carbons (Fsp3) is 0.536. The summed E-state index contributed by atoms with van der Waals surface area (Å²) in [6.07, 6.45) is 6.21. The van der Waals surface area contributed by atoms with Crippen LogP contribution in [-0.2, 0) is 17.6 Å². The van der Waals surface area contributed by atoms with E-state index in [-0.39, 0.29) is 28.5 Å². The summed E-state index contributed by atoms with van der Waals surface area (Å²) in [6, 6.07) is 11.6. The molecule has 0 radical (unpaired) electrons. The molecule has 2 atom stereocenters. The van der Waals surface area contributed by atoms with Crippen LogP contribution in [0.1, 0.15) is 36.8 Å². The summed E-state index contributed by atoms with van der Waals surface area (Å²) in [5.41, 5.74) is 3.06. The highest BCUT2D eigenvalue weighted by Crippen LogP contribution is 2.39. The third-order valence-electron chi connectivity index (χ3n) is 8.28. The second-order valence-electron chi connectivity index (χ2n) is 10.3. The van der Waals surface area contributed by atoms with Crippen molar-refractivity contribution in [3.05, 3.63) is 57.6 Å². The van der Waals surface area contributed by atoms with Gasteiger partial charge in [-0.1, -0.05) is 18.9 Å². The molecule has 1 saturated carbocycles. The number of nitrogens with one attached hydrogen (secondary N) is 1. The van der Waals surface area contributed by atoms with Crippen LogP contribution in [0.2, 0.25) is 0 Å². The second kappa shape index (κ2) is 11.0. The summed E-state index contributed by atoms with van der Waals surface area (Å²) in [6.45, 7) is 3.16. The maximum Gasteiger partial charge on any atom is 0.269 e. The van der Waals surface area contributed by atoms with Crippen molar-refractivity contribution < 1.29 is 19.2 Å². The first-order chi connectivity index (χ1) is 18.0. The number of anilines is 1. The van der Waals surface area contributed by atoms with Gasteiger partial charge in [0.05, 0.1) is 31.1 Å². The summed E-state index contributed by atoms with van der Waals surface area (Å²) < 4.78 is 10.7. The average Bonchev–Trinajstić information content (AvgIpc) is 3.47. The Morgan fingerprint density at radius 1 is 1.08 bits per heavy atom. The van der Waals surface area contributed by atoms with Crippen molar-refractivity contribution in [2.24, 2.45) is 5.92 Å². The molecule has 1 aliphatic carbocycles. The molecule has 5 rings (SSSR count). The van der Waals surface area contributed by atoms with Crippen molar-refractivity contribution in [1.29, 1.82) is 0 Å². The zero-order chi connectivity index (χ0) is 25.9. The Balaban J connectivity index is 1.32. The summed E-state index contributed by atoms with van der Waals surface area (Å²) in [5.74, 6) is 1.10. The lowest BCUT2D eigenvalue weighted by Gasteiger charge is -2.50. The third kappa shape index (κ3) is 5.23. The molecule has 198 valence electrons. The van der Waals surface area contributed by atoms with E-state index in [1.165, 1.54) is 25.7 Å². The van der Waals surface area contributed by atoms with Crippen LogP contribution >= 0.6 is 0 Å². The van der Waals surface area contributed by atoms with Gasteiger partial charge in [0.2, 0.25) is 5.91 Å². The van der Waals surface area contributed by atoms with E-state index in [1.54, 1.807) is 26.4 Å². The normalized spacial score (nSPS) is 21.7. The molecular weight excluding hydrogens is 472 g/mol. The number of rotatable bonds is 8. The van der Waals surface area contributed by atoms with E-state index in [4.69, 9.17) is 9.47 Å². The van der Waals surface area contributed by atoms with E-state index < -0.39 is 0 Å². The quantitative estimate of drug-likeness (QED) is 0.430. The van der Waals surface area contributed by atoms with Gasteiger partial charge in [-0.05, 0) is 55.0 Å². The molecule has 3 aliphatic rings. The molecule has 37 heavy (non-hydrogen) atoms. The number of benzene rings is 2. The zero-order valence-electron chi connectivity index (χ0n) is 21.7. The van der Waals surface area contributed by atoms with E-state index >= 15 is 0 Å². The number of non-ortho nitro benzene ring substituents is 1. The number of hydrogen-bond acceptors (Lipinski definition) is 7. The predicted molar refractivity (Wildman–Crippen MR) is 142 cm³/mol. The van der Waals surface area contributed by atoms with Gasteiger partial charge >= 0.3 is 0 Å². The van der Waals surface area contributed by atoms with Gasteiger partial charge in [-0.2, -0.15) is 0 Å². The molecule has 9 nitrogen and oxygen atoms in total. The lowest BCUT2D eigenvalue weighted by atomic mass is 9.82. The molecule has 1 saturated heterocycles. The van der Waals surface area contributed by atoms with Gasteiger partial charge in [0, 0.05) is 50.0 Å². The van der Waals surface area contributed by atoms with Gasteiger partial charge in [0.1, 0.15) is 0 Å². The first-order valence-corrected chi connectivity index (χ1v) is 13.2. The summed E-state index contributed by atoms with van der Waals surface area (Å²) in [7, 11) is 3.22. The van der Waals surface area contributed by atoms with Crippen LogP contribution in [0.25, 0.3) is 0 Å². The molecule has 2 aromatic carbocycles. The minimum absolute atomic E-state index is 0.0147. The smallest absolute Gasteiger partial charge is 0.269 e. The molecule has 0 aromatic heterocycles. The van der Waals surface area contributed by atoms with Gasteiger partial charge in [0.15, 0.2) is 11.5 Å². The third-order valence-corrected chi connectivity index (χ3v) is 8.28. The van der Waals surface area contributed by atoms with Crippen LogP contribution in [0.3, 0.4) is 0 Å². The summed E-state index contributed by atoms with van der Waals surface area (Å²) in [5, 5.41) is 14.6. The molecule has 2 unspecified atom stereocenters. The van der Waals surface area contributed by atoms with Crippen LogP contribution in [0, 0.1) is 16.0 Å². The molecule has 9 heteroatoms. The van der Waals surface area contributed by atoms with E-state index in [0.717, 1.165) is 36.4 Å². The van der Waals surface area contributed by atoms with Crippen molar-refractivity contribution in [3.8, 4) is 11.5 Å². The average molecular weight is 509 g/mol. The Bertz CT molecular complexity index is 1150. The number of ether oxygens (including phenoxy) is 2. The Kier molecular flexibility index (Phi) is 7.50. The first kappa shape index (κ1) is 25.3. The van der Waals surface area contributed by atoms with E-state index in [1.807, 2.05) is 24.3 Å². The minimum Gasteiger partial charge on any atom is -0.493 e. The van der Waals surface area contributed by atoms with Gasteiger partial charge in [-0.25, -0.2) is 0 Å². The Labute approximate surface area is 217 Å². The van der Waals surface area contributed by atoms with Crippen LogP contribution in [-0.4, -0.2) is 68.2 Å². The number of nitro groups is 1. The number of nitrogens with zero attached hydrogens (tertiary/aromatic N) is 3. The number of carbonyl (C=O) groups excluding carboxylic acids is 1. The van der Waals surface area contributed by atoms with Crippen molar-refractivity contribution in [2.45, 2.75) is 50.6 Å². The van der Waals surface area contributed by atoms with Crippen molar-refractivity contribution in [2.75, 3.05) is 45.3 Å². The maximum atomic E-state index is 13.6. The van der Waals surface area contributed by atoms with Crippen molar-refractivity contribution >= 4 is 17.3 Å². The van der Waals surface area contributed by atoms with Crippen LogP contribution < -0.4 is 19.7 Å². The lowest BCUT2D eigenvalue weighted by molar-refractivity contribution is -0.384. The number of nitro benzene ring substituents is 1. The standard InChI is InChI=1S/C28H36N4O5/c1-36-26-10-7-19(15-27(26)37-2)11-12-29-28(33)23-17-20-16-22(32(34)35)8-9-24(20)31-14-13-30(18-25(23)31)21-5-3-4-6-21/h7-10,15-16,21,23,25H,3-6,11-14,17-18H2,1-2H3,(H,29,33). The highest BCUT2D eigenvalue weighted by atomic mass is 16.6.